The average Bonchev–Trinajstić information content (AvgIpc) is 2.20. The molecular formula is C11H12ClNO2. The van der Waals surface area contributed by atoms with Crippen LogP contribution in [-0.4, -0.2) is 4.92 Å². The molecule has 0 atom stereocenters. The van der Waals surface area contributed by atoms with Crippen LogP contribution >= 0.6 is 11.6 Å². The van der Waals surface area contributed by atoms with Crippen LogP contribution in [0.5, 0.6) is 0 Å². The van der Waals surface area contributed by atoms with Crippen LogP contribution in [-0.2, 0) is 0 Å². The highest BCUT2D eigenvalue weighted by atomic mass is 35.5. The highest BCUT2D eigenvalue weighted by Gasteiger charge is 2.07. The third kappa shape index (κ3) is 3.06. The molecule has 0 radical (unpaired) electrons. The molecule has 0 aliphatic rings. The number of nitro groups is 1. The largest absolute Gasteiger partial charge is 0.270 e. The van der Waals surface area contributed by atoms with Gasteiger partial charge in [-0.05, 0) is 25.0 Å². The van der Waals surface area contributed by atoms with E-state index in [-0.39, 0.29) is 5.69 Å². The Morgan fingerprint density at radius 2 is 2.27 bits per heavy atom. The first-order chi connectivity index (χ1) is 7.04. The molecule has 0 saturated heterocycles. The van der Waals surface area contributed by atoms with Crippen molar-refractivity contribution in [1.29, 1.82) is 0 Å². The molecule has 3 nitrogen and oxygen atoms in total. The van der Waals surface area contributed by atoms with Crippen LogP contribution in [0, 0.1) is 10.1 Å². The van der Waals surface area contributed by atoms with Crippen LogP contribution in [0.4, 0.5) is 5.69 Å². The van der Waals surface area contributed by atoms with E-state index in [1.165, 1.54) is 12.1 Å². The summed E-state index contributed by atoms with van der Waals surface area (Å²) in [5, 5.41) is 11.1. The van der Waals surface area contributed by atoms with Crippen molar-refractivity contribution in [2.75, 3.05) is 0 Å². The maximum atomic E-state index is 10.6. The minimum Gasteiger partial charge on any atom is -0.258 e. The second-order valence-electron chi connectivity index (χ2n) is 3.31. The molecule has 0 aromatic heterocycles. The Labute approximate surface area is 93.5 Å². The van der Waals surface area contributed by atoms with Crippen LogP contribution < -0.4 is 0 Å². The van der Waals surface area contributed by atoms with E-state index in [4.69, 9.17) is 11.6 Å². The summed E-state index contributed by atoms with van der Waals surface area (Å²) in [5.74, 6) is 0. The predicted molar refractivity (Wildman–Crippen MR) is 62.0 cm³/mol. The van der Waals surface area contributed by atoms with Gasteiger partial charge in [-0.1, -0.05) is 30.2 Å². The van der Waals surface area contributed by atoms with Gasteiger partial charge < -0.3 is 0 Å². The Morgan fingerprint density at radius 1 is 1.60 bits per heavy atom. The molecule has 1 aromatic carbocycles. The van der Waals surface area contributed by atoms with Gasteiger partial charge in [0, 0.05) is 17.2 Å². The first-order valence-electron chi connectivity index (χ1n) is 4.65. The summed E-state index contributed by atoms with van der Waals surface area (Å²) in [6.45, 7) is 3.99. The van der Waals surface area contributed by atoms with E-state index in [0.717, 1.165) is 12.0 Å². The van der Waals surface area contributed by atoms with Gasteiger partial charge in [-0.2, -0.15) is 0 Å². The number of hydrogen-bond donors (Lipinski definition) is 0. The van der Waals surface area contributed by atoms with Crippen molar-refractivity contribution in [2.24, 2.45) is 0 Å². The molecule has 0 aliphatic carbocycles. The van der Waals surface area contributed by atoms with Gasteiger partial charge in [0.05, 0.1) is 4.92 Å². The topological polar surface area (TPSA) is 43.1 Å². The van der Waals surface area contributed by atoms with Crippen molar-refractivity contribution < 1.29 is 4.92 Å². The molecule has 0 saturated carbocycles. The van der Waals surface area contributed by atoms with Gasteiger partial charge >= 0.3 is 0 Å². The van der Waals surface area contributed by atoms with Crippen LogP contribution in [0.15, 0.2) is 23.8 Å². The van der Waals surface area contributed by atoms with E-state index in [1.807, 2.05) is 19.9 Å². The van der Waals surface area contributed by atoms with Gasteiger partial charge in [-0.3, -0.25) is 10.1 Å². The molecule has 0 N–H and O–H groups in total. The molecule has 0 spiro atoms. The fraction of sp³-hybridized carbons (Fsp3) is 0.273. The lowest BCUT2D eigenvalue weighted by Crippen LogP contribution is -1.88. The normalized spacial score (nSPS) is 11.5. The molecule has 1 rings (SSSR count). The van der Waals surface area contributed by atoms with Crippen molar-refractivity contribution in [1.82, 2.24) is 0 Å². The quantitative estimate of drug-likeness (QED) is 0.575. The highest BCUT2D eigenvalue weighted by Crippen LogP contribution is 2.24. The number of halogens is 1. The van der Waals surface area contributed by atoms with E-state index < -0.39 is 4.92 Å². The monoisotopic (exact) mass is 225 g/mol. The molecule has 0 heterocycles. The third-order valence-corrected chi connectivity index (χ3v) is 2.49. The lowest BCUT2D eigenvalue weighted by molar-refractivity contribution is -0.384. The lowest BCUT2D eigenvalue weighted by atomic mass is 10.1. The zero-order valence-electron chi connectivity index (χ0n) is 8.66. The summed E-state index contributed by atoms with van der Waals surface area (Å²) in [5.41, 5.74) is 1.90. The first kappa shape index (κ1) is 11.7. The van der Waals surface area contributed by atoms with Gasteiger partial charge in [-0.25, -0.2) is 0 Å². The van der Waals surface area contributed by atoms with E-state index in [2.05, 4.69) is 0 Å². The molecule has 0 unspecified atom stereocenters. The molecule has 4 heteroatoms. The number of nitro benzene ring substituents is 1. The Bertz CT molecular complexity index is 413. The molecule has 1 aromatic rings. The molecule has 0 fully saturated rings. The van der Waals surface area contributed by atoms with Gasteiger partial charge in [0.15, 0.2) is 0 Å². The number of nitrogens with zero attached hydrogens (tertiary/aromatic N) is 1. The Morgan fingerprint density at radius 3 is 2.80 bits per heavy atom. The number of non-ortho nitro benzene ring substituents is 1. The molecule has 15 heavy (non-hydrogen) atoms. The third-order valence-electron chi connectivity index (χ3n) is 2.15. The molecular weight excluding hydrogens is 214 g/mol. The second-order valence-corrected chi connectivity index (χ2v) is 3.71. The van der Waals surface area contributed by atoms with Crippen LogP contribution in [0.25, 0.3) is 6.08 Å². The maximum Gasteiger partial charge on any atom is 0.270 e. The Kier molecular flexibility index (Phi) is 3.86. The van der Waals surface area contributed by atoms with Crippen molar-refractivity contribution in [3.05, 3.63) is 44.5 Å². The van der Waals surface area contributed by atoms with Crippen LogP contribution in [0.2, 0.25) is 5.02 Å². The van der Waals surface area contributed by atoms with Crippen LogP contribution in [0.1, 0.15) is 25.8 Å². The summed E-state index contributed by atoms with van der Waals surface area (Å²) in [7, 11) is 0. The fourth-order valence-corrected chi connectivity index (χ4v) is 1.29. The summed E-state index contributed by atoms with van der Waals surface area (Å²) < 4.78 is 0. The summed E-state index contributed by atoms with van der Waals surface area (Å²) in [6.07, 6.45) is 2.77. The van der Waals surface area contributed by atoms with Gasteiger partial charge in [0.1, 0.15) is 0 Å². The van der Waals surface area contributed by atoms with E-state index >= 15 is 0 Å². The van der Waals surface area contributed by atoms with E-state index in [0.29, 0.717) is 10.6 Å². The standard InChI is InChI=1S/C11H12ClNO2/c1-3-8(2)6-9-7-10(13(14)15)4-5-11(9)12/h4-7H,3H2,1-2H3. The predicted octanol–water partition coefficient (Wildman–Crippen LogP) is 4.06. The zero-order valence-corrected chi connectivity index (χ0v) is 9.41. The fourth-order valence-electron chi connectivity index (χ4n) is 1.12. The lowest BCUT2D eigenvalue weighted by Gasteiger charge is -2.00. The average molecular weight is 226 g/mol. The van der Waals surface area contributed by atoms with Crippen molar-refractivity contribution in [2.45, 2.75) is 20.3 Å². The minimum absolute atomic E-state index is 0.0644. The second kappa shape index (κ2) is 4.94. The Hall–Kier alpha value is -1.35. The smallest absolute Gasteiger partial charge is 0.258 e. The summed E-state index contributed by atoms with van der Waals surface area (Å²) >= 11 is 5.93. The van der Waals surface area contributed by atoms with Crippen molar-refractivity contribution in [3.8, 4) is 0 Å². The minimum atomic E-state index is -0.422. The number of hydrogen-bond acceptors (Lipinski definition) is 2. The molecule has 0 bridgehead atoms. The number of benzene rings is 1. The summed E-state index contributed by atoms with van der Waals surface area (Å²) in [6, 6.07) is 4.44. The van der Waals surface area contributed by atoms with Gasteiger partial charge in [0.2, 0.25) is 0 Å². The number of rotatable bonds is 3. The Balaban J connectivity index is 3.17. The zero-order chi connectivity index (χ0) is 11.4. The SMILES string of the molecule is CCC(C)=Cc1cc([N+](=O)[O-])ccc1Cl. The first-order valence-corrected chi connectivity index (χ1v) is 5.03. The number of allylic oxidation sites excluding steroid dienone is 1. The van der Waals surface area contributed by atoms with Gasteiger partial charge in [-0.15, -0.1) is 0 Å². The highest BCUT2D eigenvalue weighted by molar-refractivity contribution is 6.32. The summed E-state index contributed by atoms with van der Waals surface area (Å²) in [4.78, 5) is 10.1. The molecule has 0 aliphatic heterocycles. The van der Waals surface area contributed by atoms with Crippen LogP contribution in [0.3, 0.4) is 0 Å². The van der Waals surface area contributed by atoms with E-state index in [9.17, 15) is 10.1 Å². The molecule has 0 amide bonds. The molecule has 80 valence electrons. The van der Waals surface area contributed by atoms with Crippen molar-refractivity contribution >= 4 is 23.4 Å². The maximum absolute atomic E-state index is 10.6. The van der Waals surface area contributed by atoms with E-state index in [1.54, 1.807) is 6.07 Å². The van der Waals surface area contributed by atoms with Crippen molar-refractivity contribution in [3.63, 3.8) is 0 Å². The van der Waals surface area contributed by atoms with Gasteiger partial charge in [0.25, 0.3) is 5.69 Å².